The quantitative estimate of drug-likeness (QED) is 0.732. The molecule has 3 nitrogen and oxygen atoms in total. The molecule has 97 valence electrons. The third kappa shape index (κ3) is 3.36. The Labute approximate surface area is 146 Å². The van der Waals surface area contributed by atoms with E-state index in [1.54, 1.807) is 31.7 Å². The summed E-state index contributed by atoms with van der Waals surface area (Å²) in [6.07, 6.45) is 0. The van der Waals surface area contributed by atoms with Crippen LogP contribution in [-0.2, 0) is 39.8 Å². The molecule has 1 aromatic carbocycles. The number of ether oxygens (including phenoxy) is 1. The van der Waals surface area contributed by atoms with E-state index in [2.05, 4.69) is 22.0 Å². The van der Waals surface area contributed by atoms with Crippen LogP contribution in [0.5, 0.6) is 5.75 Å². The van der Waals surface area contributed by atoms with Crippen molar-refractivity contribution in [2.24, 2.45) is 7.05 Å². The first-order valence-electron chi connectivity index (χ1n) is 5.47. The molecule has 1 radical (unpaired) electrons. The summed E-state index contributed by atoms with van der Waals surface area (Å²) in [5.41, 5.74) is 2.34. The van der Waals surface area contributed by atoms with Gasteiger partial charge in [0.05, 0.1) is 7.11 Å². The zero-order chi connectivity index (χ0) is 13.3. The van der Waals surface area contributed by atoms with Crippen molar-refractivity contribution < 1.29 is 37.4 Å². The van der Waals surface area contributed by atoms with Crippen LogP contribution in [0.15, 0.2) is 33.5 Å². The standard InChI is InChI=1S/C14H13BrNO2.Y/c1-9-4-7-13(16(2)14(9)17)11-6-5-10(18-3)8-12(11)15;/h4-6,8H,1-3H3;/q-1;. The molecule has 0 aliphatic rings. The Hall–Kier alpha value is -0.446. The largest absolute Gasteiger partial charge is 0.497 e. The third-order valence-corrected chi connectivity index (χ3v) is 3.49. The number of hydrogen-bond donors (Lipinski definition) is 0. The molecule has 0 spiro atoms. The van der Waals surface area contributed by atoms with E-state index in [-0.39, 0.29) is 38.3 Å². The van der Waals surface area contributed by atoms with Gasteiger partial charge in [-0.1, -0.05) is 39.7 Å². The van der Waals surface area contributed by atoms with Gasteiger partial charge in [0.1, 0.15) is 5.75 Å². The van der Waals surface area contributed by atoms with Crippen LogP contribution >= 0.6 is 15.9 Å². The third-order valence-electron chi connectivity index (χ3n) is 2.83. The fraction of sp³-hybridized carbons (Fsp3) is 0.214. The van der Waals surface area contributed by atoms with Crippen molar-refractivity contribution in [2.45, 2.75) is 6.92 Å². The average Bonchev–Trinajstić information content (AvgIpc) is 2.37. The van der Waals surface area contributed by atoms with E-state index < -0.39 is 0 Å². The van der Waals surface area contributed by atoms with Gasteiger partial charge >= 0.3 is 0 Å². The van der Waals surface area contributed by atoms with E-state index in [9.17, 15) is 4.79 Å². The van der Waals surface area contributed by atoms with Gasteiger partial charge in [-0.2, -0.15) is 12.1 Å². The zero-order valence-electron chi connectivity index (χ0n) is 11.0. The maximum absolute atomic E-state index is 11.9. The second-order valence-corrected chi connectivity index (χ2v) is 4.88. The Kier molecular flexibility index (Phi) is 5.96. The first kappa shape index (κ1) is 16.6. The average molecular weight is 396 g/mol. The second-order valence-electron chi connectivity index (χ2n) is 4.03. The number of pyridine rings is 1. The van der Waals surface area contributed by atoms with Crippen molar-refractivity contribution >= 4 is 15.9 Å². The monoisotopic (exact) mass is 395 g/mol. The van der Waals surface area contributed by atoms with Gasteiger partial charge in [-0.15, -0.1) is 6.07 Å². The molecule has 0 saturated heterocycles. The summed E-state index contributed by atoms with van der Waals surface area (Å²) in [6, 6.07) is 10.5. The molecule has 1 heterocycles. The van der Waals surface area contributed by atoms with Gasteiger partial charge in [-0.05, 0) is 16.6 Å². The summed E-state index contributed by atoms with van der Waals surface area (Å²) in [7, 11) is 3.37. The normalized spacial score (nSPS) is 9.89. The molecule has 1 aromatic heterocycles. The van der Waals surface area contributed by atoms with E-state index in [0.717, 1.165) is 21.5 Å². The number of aromatic nitrogens is 1. The molecule has 0 fully saturated rings. The fourth-order valence-electron chi connectivity index (χ4n) is 1.77. The number of benzene rings is 1. The fourth-order valence-corrected chi connectivity index (χ4v) is 2.32. The van der Waals surface area contributed by atoms with Crippen molar-refractivity contribution in [1.82, 2.24) is 4.57 Å². The van der Waals surface area contributed by atoms with Crippen LogP contribution < -0.4 is 10.3 Å². The summed E-state index contributed by atoms with van der Waals surface area (Å²) in [4.78, 5) is 11.9. The molecule has 0 atom stereocenters. The molecule has 0 unspecified atom stereocenters. The maximum Gasteiger partial charge on any atom is 0.197 e. The summed E-state index contributed by atoms with van der Waals surface area (Å²) in [5, 5.41) is 0. The van der Waals surface area contributed by atoms with Crippen LogP contribution in [-0.4, -0.2) is 11.7 Å². The van der Waals surface area contributed by atoms with Gasteiger partial charge in [-0.25, -0.2) is 0 Å². The molecule has 0 N–H and O–H groups in total. The zero-order valence-corrected chi connectivity index (χ0v) is 15.5. The van der Waals surface area contributed by atoms with Crippen LogP contribution in [0, 0.1) is 13.0 Å². The van der Waals surface area contributed by atoms with Gasteiger partial charge in [0.15, 0.2) is 5.56 Å². The van der Waals surface area contributed by atoms with Gasteiger partial charge in [0.2, 0.25) is 0 Å². The van der Waals surface area contributed by atoms with Crippen molar-refractivity contribution in [1.29, 1.82) is 0 Å². The molecule has 0 bridgehead atoms. The molecule has 2 aromatic rings. The summed E-state index contributed by atoms with van der Waals surface area (Å²) < 4.78 is 7.62. The maximum atomic E-state index is 11.9. The summed E-state index contributed by atoms with van der Waals surface area (Å²) >= 11 is 3.49. The molecule has 0 amide bonds. The Morgan fingerprint density at radius 3 is 2.63 bits per heavy atom. The van der Waals surface area contributed by atoms with Gasteiger partial charge in [0.25, 0.3) is 0 Å². The van der Waals surface area contributed by atoms with E-state index in [1.165, 1.54) is 0 Å². The molecule has 0 saturated carbocycles. The molecular formula is C14H13BrNO2Y-. The number of methoxy groups -OCH3 is 1. The topological polar surface area (TPSA) is 31.2 Å². The number of rotatable bonds is 2. The van der Waals surface area contributed by atoms with E-state index >= 15 is 0 Å². The van der Waals surface area contributed by atoms with Crippen LogP contribution in [0.4, 0.5) is 0 Å². The Morgan fingerprint density at radius 2 is 2.05 bits per heavy atom. The molecule has 2 rings (SSSR count). The molecule has 0 aliphatic heterocycles. The minimum Gasteiger partial charge on any atom is -0.497 e. The Bertz CT molecular complexity index is 652. The minimum absolute atomic E-state index is 0. The first-order chi connectivity index (χ1) is 8.54. The minimum atomic E-state index is -0.00790. The van der Waals surface area contributed by atoms with Crippen LogP contribution in [0.25, 0.3) is 11.3 Å². The molecule has 19 heavy (non-hydrogen) atoms. The first-order valence-corrected chi connectivity index (χ1v) is 6.26. The predicted molar refractivity (Wildman–Crippen MR) is 74.9 cm³/mol. The number of hydrogen-bond acceptors (Lipinski definition) is 2. The van der Waals surface area contributed by atoms with Crippen molar-refractivity contribution in [3.8, 4) is 17.0 Å². The van der Waals surface area contributed by atoms with Crippen molar-refractivity contribution in [2.75, 3.05) is 7.11 Å². The number of nitrogens with zero attached hydrogens (tertiary/aromatic N) is 1. The summed E-state index contributed by atoms with van der Waals surface area (Å²) in [6.45, 7) is 1.78. The van der Waals surface area contributed by atoms with E-state index in [4.69, 9.17) is 4.74 Å². The Morgan fingerprint density at radius 1 is 1.37 bits per heavy atom. The second kappa shape index (κ2) is 6.82. The van der Waals surface area contributed by atoms with Crippen molar-refractivity contribution in [3.05, 3.63) is 50.7 Å². The number of aryl methyl sites for hydroxylation is 1. The van der Waals surface area contributed by atoms with Crippen molar-refractivity contribution in [3.63, 3.8) is 0 Å². The smallest absolute Gasteiger partial charge is 0.197 e. The molecule has 0 aliphatic carbocycles. The van der Waals surface area contributed by atoms with Crippen LogP contribution in [0.3, 0.4) is 0 Å². The molecular weight excluding hydrogens is 383 g/mol. The van der Waals surface area contributed by atoms with E-state index in [1.807, 2.05) is 18.2 Å². The number of halogens is 1. The van der Waals surface area contributed by atoms with Crippen LogP contribution in [0.1, 0.15) is 5.56 Å². The van der Waals surface area contributed by atoms with E-state index in [0.29, 0.717) is 5.56 Å². The Balaban J connectivity index is 0.00000180. The summed E-state index contributed by atoms with van der Waals surface area (Å²) in [5.74, 6) is 0.766. The SMILES string of the molecule is COc1ccc(-c2[c-]cc(C)c(=O)n2C)c(Br)c1.[Y]. The van der Waals surface area contributed by atoms with Gasteiger partial charge in [-0.3, -0.25) is 4.79 Å². The van der Waals surface area contributed by atoms with Gasteiger partial charge < -0.3 is 9.30 Å². The predicted octanol–water partition coefficient (Wildman–Crippen LogP) is 2.93. The molecule has 5 heteroatoms. The van der Waals surface area contributed by atoms with Crippen LogP contribution in [0.2, 0.25) is 0 Å². The van der Waals surface area contributed by atoms with Gasteiger partial charge in [0, 0.05) is 39.8 Å².